The van der Waals surface area contributed by atoms with Crippen LogP contribution in [0.2, 0.25) is 0 Å². The topological polar surface area (TPSA) is 61.6 Å². The van der Waals surface area contributed by atoms with E-state index in [2.05, 4.69) is 15.1 Å². The van der Waals surface area contributed by atoms with E-state index in [1.165, 1.54) is 0 Å². The predicted molar refractivity (Wildman–Crippen MR) is 69.8 cm³/mol. The maximum Gasteiger partial charge on any atom is 0.236 e. The van der Waals surface area contributed by atoms with E-state index in [1.807, 2.05) is 6.92 Å². The number of amides is 1. The lowest BCUT2D eigenvalue weighted by molar-refractivity contribution is -0.125. The molecule has 0 bridgehead atoms. The van der Waals surface area contributed by atoms with E-state index in [0.29, 0.717) is 0 Å². The van der Waals surface area contributed by atoms with Gasteiger partial charge in [-0.3, -0.25) is 9.69 Å². The van der Waals surface area contributed by atoms with Crippen molar-refractivity contribution in [2.45, 2.75) is 25.8 Å². The zero-order valence-electron chi connectivity index (χ0n) is 11.1. The highest BCUT2D eigenvalue weighted by Crippen LogP contribution is 2.07. The van der Waals surface area contributed by atoms with E-state index in [1.54, 1.807) is 7.05 Å². The molecule has 1 fully saturated rings. The van der Waals surface area contributed by atoms with Crippen molar-refractivity contribution in [1.29, 1.82) is 0 Å². The summed E-state index contributed by atoms with van der Waals surface area (Å²) in [5, 5.41) is 2.72. The lowest BCUT2D eigenvalue weighted by Crippen LogP contribution is -2.45. The second-order valence-electron chi connectivity index (χ2n) is 4.66. The highest BCUT2D eigenvalue weighted by atomic mass is 16.2. The van der Waals surface area contributed by atoms with Crippen LogP contribution in [0.15, 0.2) is 0 Å². The number of hydrogen-bond acceptors (Lipinski definition) is 4. The highest BCUT2D eigenvalue weighted by molar-refractivity contribution is 5.80. The third-order valence-corrected chi connectivity index (χ3v) is 3.48. The van der Waals surface area contributed by atoms with Crippen molar-refractivity contribution < 1.29 is 4.79 Å². The average molecular weight is 242 g/mol. The van der Waals surface area contributed by atoms with Crippen LogP contribution in [0.3, 0.4) is 0 Å². The molecule has 1 atom stereocenters. The Balaban J connectivity index is 2.39. The number of carbonyl (C=O) groups excluding carboxylic acids is 1. The summed E-state index contributed by atoms with van der Waals surface area (Å²) in [4.78, 5) is 16.3. The van der Waals surface area contributed by atoms with Gasteiger partial charge in [0.1, 0.15) is 0 Å². The second-order valence-corrected chi connectivity index (χ2v) is 4.66. The Morgan fingerprint density at radius 3 is 2.76 bits per heavy atom. The van der Waals surface area contributed by atoms with Gasteiger partial charge in [-0.15, -0.1) is 0 Å². The molecule has 1 aliphatic heterocycles. The highest BCUT2D eigenvalue weighted by Gasteiger charge is 2.22. The van der Waals surface area contributed by atoms with Crippen LogP contribution in [-0.4, -0.2) is 68.1 Å². The molecule has 1 heterocycles. The molecule has 1 amide bonds. The van der Waals surface area contributed by atoms with Crippen LogP contribution in [-0.2, 0) is 4.79 Å². The third-order valence-electron chi connectivity index (χ3n) is 3.48. The zero-order valence-corrected chi connectivity index (χ0v) is 11.1. The largest absolute Gasteiger partial charge is 0.358 e. The summed E-state index contributed by atoms with van der Waals surface area (Å²) in [6.45, 7) is 7.97. The van der Waals surface area contributed by atoms with E-state index in [-0.39, 0.29) is 11.9 Å². The molecule has 3 N–H and O–H groups in total. The van der Waals surface area contributed by atoms with Gasteiger partial charge in [-0.2, -0.15) is 0 Å². The minimum absolute atomic E-state index is 0.0190. The smallest absolute Gasteiger partial charge is 0.236 e. The maximum absolute atomic E-state index is 11.6. The molecule has 0 aromatic heterocycles. The molecule has 1 saturated heterocycles. The molecule has 17 heavy (non-hydrogen) atoms. The Bertz CT molecular complexity index is 235. The molecular formula is C12H26N4O. The molecule has 100 valence electrons. The zero-order chi connectivity index (χ0) is 12.7. The van der Waals surface area contributed by atoms with Crippen LogP contribution in [0, 0.1) is 0 Å². The van der Waals surface area contributed by atoms with Crippen molar-refractivity contribution in [2.75, 3.05) is 46.3 Å². The summed E-state index contributed by atoms with van der Waals surface area (Å²) in [5.41, 5.74) is 5.53. The van der Waals surface area contributed by atoms with Crippen molar-refractivity contribution in [2.24, 2.45) is 5.73 Å². The molecule has 1 aliphatic rings. The van der Waals surface area contributed by atoms with E-state index < -0.39 is 0 Å². The van der Waals surface area contributed by atoms with Crippen molar-refractivity contribution >= 4 is 5.91 Å². The monoisotopic (exact) mass is 242 g/mol. The molecular weight excluding hydrogens is 216 g/mol. The van der Waals surface area contributed by atoms with Crippen LogP contribution >= 0.6 is 0 Å². The number of carbonyl (C=O) groups is 1. The van der Waals surface area contributed by atoms with Gasteiger partial charge < -0.3 is 16.0 Å². The summed E-state index contributed by atoms with van der Waals surface area (Å²) >= 11 is 0. The number of nitrogens with zero attached hydrogens (tertiary/aromatic N) is 2. The van der Waals surface area contributed by atoms with Gasteiger partial charge in [0, 0.05) is 26.7 Å². The maximum atomic E-state index is 11.6. The first kappa shape index (κ1) is 14.4. The fraction of sp³-hybridized carbons (Fsp3) is 0.917. The molecule has 0 aromatic rings. The summed E-state index contributed by atoms with van der Waals surface area (Å²) in [5.74, 6) is 0.111. The molecule has 5 heteroatoms. The molecule has 0 spiro atoms. The first-order valence-corrected chi connectivity index (χ1v) is 6.57. The molecule has 1 rings (SSSR count). The number of rotatable bonds is 5. The Morgan fingerprint density at radius 2 is 2.12 bits per heavy atom. The van der Waals surface area contributed by atoms with Crippen LogP contribution < -0.4 is 11.1 Å². The van der Waals surface area contributed by atoms with Gasteiger partial charge >= 0.3 is 0 Å². The summed E-state index contributed by atoms with van der Waals surface area (Å²) in [6, 6.07) is -0.0190. The molecule has 0 radical (unpaired) electrons. The van der Waals surface area contributed by atoms with E-state index in [9.17, 15) is 4.79 Å². The van der Waals surface area contributed by atoms with Crippen molar-refractivity contribution in [3.63, 3.8) is 0 Å². The Kier molecular flexibility index (Phi) is 6.47. The minimum Gasteiger partial charge on any atom is -0.358 e. The minimum atomic E-state index is -0.0190. The number of likely N-dealkylation sites (N-methyl/N-ethyl adjacent to an activating group) is 1. The second kappa shape index (κ2) is 7.63. The predicted octanol–water partition coefficient (Wildman–Crippen LogP) is -0.523. The molecule has 1 unspecified atom stereocenters. The Morgan fingerprint density at radius 1 is 1.35 bits per heavy atom. The van der Waals surface area contributed by atoms with Gasteiger partial charge in [-0.05, 0) is 39.4 Å². The average Bonchev–Trinajstić information content (AvgIpc) is 2.59. The molecule has 5 nitrogen and oxygen atoms in total. The van der Waals surface area contributed by atoms with Gasteiger partial charge in [-0.25, -0.2) is 0 Å². The lowest BCUT2D eigenvalue weighted by Gasteiger charge is -2.26. The number of hydrogen-bond donors (Lipinski definition) is 2. The first-order valence-electron chi connectivity index (χ1n) is 6.57. The summed E-state index contributed by atoms with van der Waals surface area (Å²) < 4.78 is 0. The van der Waals surface area contributed by atoms with Gasteiger partial charge in [-0.1, -0.05) is 0 Å². The van der Waals surface area contributed by atoms with Crippen LogP contribution in [0.1, 0.15) is 19.8 Å². The van der Waals surface area contributed by atoms with Gasteiger partial charge in [0.05, 0.1) is 6.04 Å². The summed E-state index contributed by atoms with van der Waals surface area (Å²) in [7, 11) is 1.70. The van der Waals surface area contributed by atoms with Crippen LogP contribution in [0.5, 0.6) is 0 Å². The van der Waals surface area contributed by atoms with Gasteiger partial charge in [0.15, 0.2) is 0 Å². The number of nitrogens with one attached hydrogen (secondary N) is 1. The fourth-order valence-corrected chi connectivity index (χ4v) is 2.29. The van der Waals surface area contributed by atoms with Crippen molar-refractivity contribution in [3.05, 3.63) is 0 Å². The standard InChI is InChI=1S/C12H26N4O/c1-11(12(17)14-2)16-8-4-7-15(9-10-16)6-3-5-13/h11H,3-10,13H2,1-2H3,(H,14,17). The summed E-state index contributed by atoms with van der Waals surface area (Å²) in [6.07, 6.45) is 2.19. The van der Waals surface area contributed by atoms with Gasteiger partial charge in [0.25, 0.3) is 0 Å². The molecule has 0 saturated carbocycles. The van der Waals surface area contributed by atoms with Gasteiger partial charge in [0.2, 0.25) is 5.91 Å². The number of nitrogens with two attached hydrogens (primary N) is 1. The van der Waals surface area contributed by atoms with Crippen molar-refractivity contribution in [3.8, 4) is 0 Å². The van der Waals surface area contributed by atoms with E-state index >= 15 is 0 Å². The van der Waals surface area contributed by atoms with Crippen LogP contribution in [0.4, 0.5) is 0 Å². The first-order chi connectivity index (χ1) is 8.19. The Hall–Kier alpha value is -0.650. The van der Waals surface area contributed by atoms with E-state index in [0.717, 1.165) is 52.1 Å². The van der Waals surface area contributed by atoms with E-state index in [4.69, 9.17) is 5.73 Å². The normalized spacial score (nSPS) is 20.9. The van der Waals surface area contributed by atoms with Crippen LogP contribution in [0.25, 0.3) is 0 Å². The quantitative estimate of drug-likeness (QED) is 0.681. The molecule has 0 aromatic carbocycles. The third kappa shape index (κ3) is 4.61. The Labute approximate surface area is 104 Å². The lowest BCUT2D eigenvalue weighted by atomic mass is 10.2. The van der Waals surface area contributed by atoms with Crippen molar-refractivity contribution in [1.82, 2.24) is 15.1 Å². The molecule has 0 aliphatic carbocycles. The fourth-order valence-electron chi connectivity index (χ4n) is 2.29. The SMILES string of the molecule is CNC(=O)C(C)N1CCCN(CCCN)CC1.